The third-order valence-corrected chi connectivity index (χ3v) is 5.50. The summed E-state index contributed by atoms with van der Waals surface area (Å²) >= 11 is 0. The molecule has 4 aromatic rings. The van der Waals surface area contributed by atoms with Gasteiger partial charge in [0.15, 0.2) is 5.65 Å². The van der Waals surface area contributed by atoms with Gasteiger partial charge >= 0.3 is 0 Å². The molecule has 2 aromatic carbocycles. The van der Waals surface area contributed by atoms with Crippen molar-refractivity contribution in [3.63, 3.8) is 0 Å². The zero-order valence-electron chi connectivity index (χ0n) is 14.6. The predicted molar refractivity (Wildman–Crippen MR) is 104 cm³/mol. The van der Waals surface area contributed by atoms with E-state index < -0.39 is 0 Å². The highest BCUT2D eigenvalue weighted by molar-refractivity contribution is 5.90. The molecule has 0 aliphatic heterocycles. The van der Waals surface area contributed by atoms with Gasteiger partial charge in [-0.05, 0) is 29.2 Å². The zero-order chi connectivity index (χ0) is 17.5. The molecule has 0 atom stereocenters. The van der Waals surface area contributed by atoms with Gasteiger partial charge < -0.3 is 5.73 Å². The molecule has 130 valence electrons. The SMILES string of the molecule is Nc1ncnc2c1c(Cc1cccc3ccccc13)nn2C1CCCC1. The van der Waals surface area contributed by atoms with E-state index in [1.807, 2.05) is 0 Å². The largest absolute Gasteiger partial charge is 0.383 e. The van der Waals surface area contributed by atoms with E-state index in [1.165, 1.54) is 29.2 Å². The highest BCUT2D eigenvalue weighted by Crippen LogP contribution is 2.34. The zero-order valence-corrected chi connectivity index (χ0v) is 14.6. The second kappa shape index (κ2) is 6.09. The van der Waals surface area contributed by atoms with Crippen molar-refractivity contribution in [2.45, 2.75) is 38.1 Å². The van der Waals surface area contributed by atoms with Crippen LogP contribution in [0.1, 0.15) is 43.0 Å². The molecule has 5 heteroatoms. The molecule has 2 aromatic heterocycles. The molecule has 2 N–H and O–H groups in total. The summed E-state index contributed by atoms with van der Waals surface area (Å²) in [5.41, 5.74) is 9.33. The van der Waals surface area contributed by atoms with Gasteiger partial charge in [0.25, 0.3) is 0 Å². The molecule has 1 aliphatic carbocycles. The van der Waals surface area contributed by atoms with Gasteiger partial charge in [-0.25, -0.2) is 14.6 Å². The molecule has 1 aliphatic rings. The van der Waals surface area contributed by atoms with E-state index in [2.05, 4.69) is 57.1 Å². The fourth-order valence-corrected chi connectivity index (χ4v) is 4.22. The number of rotatable bonds is 3. The first kappa shape index (κ1) is 15.3. The lowest BCUT2D eigenvalue weighted by Crippen LogP contribution is -2.08. The predicted octanol–water partition coefficient (Wildman–Crippen LogP) is 4.27. The Morgan fingerprint density at radius 1 is 1.00 bits per heavy atom. The molecule has 0 saturated heterocycles. The minimum Gasteiger partial charge on any atom is -0.383 e. The minimum atomic E-state index is 0.424. The number of anilines is 1. The molecule has 5 nitrogen and oxygen atoms in total. The number of nitrogen functional groups attached to an aromatic ring is 1. The maximum absolute atomic E-state index is 6.23. The topological polar surface area (TPSA) is 69.6 Å². The lowest BCUT2D eigenvalue weighted by molar-refractivity contribution is 0.475. The standard InChI is InChI=1S/C21H21N5/c22-20-19-18(12-15-8-5-7-14-6-1-4-11-17(14)15)25-26(16-9-2-3-10-16)21(19)24-13-23-20/h1,4-8,11,13,16H,2-3,9-10,12H2,(H2,22,23,24). The van der Waals surface area contributed by atoms with E-state index in [0.29, 0.717) is 11.9 Å². The Morgan fingerprint density at radius 3 is 2.69 bits per heavy atom. The van der Waals surface area contributed by atoms with E-state index in [1.54, 1.807) is 6.33 Å². The van der Waals surface area contributed by atoms with Gasteiger partial charge in [0.2, 0.25) is 0 Å². The van der Waals surface area contributed by atoms with Gasteiger partial charge in [0, 0.05) is 6.42 Å². The Labute approximate surface area is 151 Å². The fourth-order valence-electron chi connectivity index (χ4n) is 4.22. The van der Waals surface area contributed by atoms with Crippen molar-refractivity contribution >= 4 is 27.6 Å². The fraction of sp³-hybridized carbons (Fsp3) is 0.286. The van der Waals surface area contributed by atoms with E-state index >= 15 is 0 Å². The van der Waals surface area contributed by atoms with Gasteiger partial charge in [-0.3, -0.25) is 0 Å². The van der Waals surface area contributed by atoms with Crippen LogP contribution in [0, 0.1) is 0 Å². The van der Waals surface area contributed by atoms with Crippen molar-refractivity contribution in [2.75, 3.05) is 5.73 Å². The van der Waals surface area contributed by atoms with Crippen LogP contribution >= 0.6 is 0 Å². The Bertz CT molecular complexity index is 1090. The molecule has 1 saturated carbocycles. The molecule has 1 fully saturated rings. The Balaban J connectivity index is 1.67. The first-order valence-electron chi connectivity index (χ1n) is 9.25. The summed E-state index contributed by atoms with van der Waals surface area (Å²) in [4.78, 5) is 8.75. The molecule has 26 heavy (non-hydrogen) atoms. The van der Waals surface area contributed by atoms with Crippen LogP contribution in [0.3, 0.4) is 0 Å². The molecule has 2 heterocycles. The summed E-state index contributed by atoms with van der Waals surface area (Å²) in [6.45, 7) is 0. The Hall–Kier alpha value is -2.95. The summed E-state index contributed by atoms with van der Waals surface area (Å²) in [7, 11) is 0. The van der Waals surface area contributed by atoms with Crippen LogP contribution in [0.4, 0.5) is 5.82 Å². The normalized spacial score (nSPS) is 15.2. The summed E-state index contributed by atoms with van der Waals surface area (Å²) in [5.74, 6) is 0.523. The number of benzene rings is 2. The number of nitrogens with zero attached hydrogens (tertiary/aromatic N) is 4. The maximum atomic E-state index is 6.23. The van der Waals surface area contributed by atoms with Crippen LogP contribution in [0.5, 0.6) is 0 Å². The van der Waals surface area contributed by atoms with Gasteiger partial charge in [-0.15, -0.1) is 0 Å². The maximum Gasteiger partial charge on any atom is 0.163 e. The van der Waals surface area contributed by atoms with Crippen molar-refractivity contribution < 1.29 is 0 Å². The molecule has 0 spiro atoms. The molecule has 0 amide bonds. The third-order valence-electron chi connectivity index (χ3n) is 5.50. The lowest BCUT2D eigenvalue weighted by atomic mass is 10.0. The second-order valence-electron chi connectivity index (χ2n) is 7.10. The van der Waals surface area contributed by atoms with E-state index in [9.17, 15) is 0 Å². The highest BCUT2D eigenvalue weighted by atomic mass is 15.3. The van der Waals surface area contributed by atoms with E-state index in [0.717, 1.165) is 36.0 Å². The minimum absolute atomic E-state index is 0.424. The molecule has 0 unspecified atom stereocenters. The third kappa shape index (κ3) is 2.43. The van der Waals surface area contributed by atoms with Crippen LogP contribution in [0.15, 0.2) is 48.8 Å². The van der Waals surface area contributed by atoms with Crippen LogP contribution < -0.4 is 5.73 Å². The Kier molecular flexibility index (Phi) is 3.59. The van der Waals surface area contributed by atoms with Gasteiger partial charge in [0.1, 0.15) is 12.1 Å². The second-order valence-corrected chi connectivity index (χ2v) is 7.10. The smallest absolute Gasteiger partial charge is 0.163 e. The summed E-state index contributed by atoms with van der Waals surface area (Å²) in [6, 6.07) is 15.3. The van der Waals surface area contributed by atoms with Crippen molar-refractivity contribution in [3.8, 4) is 0 Å². The van der Waals surface area contributed by atoms with Crippen molar-refractivity contribution in [3.05, 3.63) is 60.0 Å². The quantitative estimate of drug-likeness (QED) is 0.603. The van der Waals surface area contributed by atoms with Crippen molar-refractivity contribution in [2.24, 2.45) is 0 Å². The summed E-state index contributed by atoms with van der Waals surface area (Å²) in [6.07, 6.45) is 7.11. The molecule has 5 rings (SSSR count). The first-order chi connectivity index (χ1) is 12.8. The number of nitrogens with two attached hydrogens (primary N) is 1. The van der Waals surface area contributed by atoms with Crippen LogP contribution in [0.2, 0.25) is 0 Å². The van der Waals surface area contributed by atoms with Crippen LogP contribution in [0.25, 0.3) is 21.8 Å². The summed E-state index contributed by atoms with van der Waals surface area (Å²) in [5, 5.41) is 8.38. The number of fused-ring (bicyclic) bond motifs is 2. The average molecular weight is 343 g/mol. The van der Waals surface area contributed by atoms with Gasteiger partial charge in [0.05, 0.1) is 17.1 Å². The number of hydrogen-bond acceptors (Lipinski definition) is 4. The number of aromatic nitrogens is 4. The average Bonchev–Trinajstić information content (AvgIpc) is 3.31. The first-order valence-corrected chi connectivity index (χ1v) is 9.25. The monoisotopic (exact) mass is 343 g/mol. The lowest BCUT2D eigenvalue weighted by Gasteiger charge is -2.10. The molecular weight excluding hydrogens is 322 g/mol. The van der Waals surface area contributed by atoms with Crippen LogP contribution in [-0.2, 0) is 6.42 Å². The van der Waals surface area contributed by atoms with E-state index in [-0.39, 0.29) is 0 Å². The molecule has 0 radical (unpaired) electrons. The van der Waals surface area contributed by atoms with Crippen molar-refractivity contribution in [1.29, 1.82) is 0 Å². The van der Waals surface area contributed by atoms with Crippen molar-refractivity contribution in [1.82, 2.24) is 19.7 Å². The van der Waals surface area contributed by atoms with Gasteiger partial charge in [-0.2, -0.15) is 5.10 Å². The molecule has 0 bridgehead atoms. The summed E-state index contributed by atoms with van der Waals surface area (Å²) < 4.78 is 2.10. The van der Waals surface area contributed by atoms with E-state index in [4.69, 9.17) is 10.8 Å². The molecular formula is C21H21N5. The highest BCUT2D eigenvalue weighted by Gasteiger charge is 2.24. The Morgan fingerprint density at radius 2 is 1.81 bits per heavy atom. The van der Waals surface area contributed by atoms with Crippen LogP contribution in [-0.4, -0.2) is 19.7 Å². The van der Waals surface area contributed by atoms with Gasteiger partial charge in [-0.1, -0.05) is 55.3 Å². The number of hydrogen-bond donors (Lipinski definition) is 1.